The van der Waals surface area contributed by atoms with E-state index in [2.05, 4.69) is 9.99 Å². The van der Waals surface area contributed by atoms with Crippen molar-refractivity contribution in [3.8, 4) is 0 Å². The van der Waals surface area contributed by atoms with E-state index < -0.39 is 5.97 Å². The van der Waals surface area contributed by atoms with Crippen molar-refractivity contribution >= 4 is 23.3 Å². The Hall–Kier alpha value is -1.35. The maximum absolute atomic E-state index is 10.5. The lowest BCUT2D eigenvalue weighted by atomic mass is 10.1. The van der Waals surface area contributed by atoms with Gasteiger partial charge in [-0.2, -0.15) is 0 Å². The van der Waals surface area contributed by atoms with Gasteiger partial charge in [0.25, 0.3) is 0 Å². The van der Waals surface area contributed by atoms with Crippen LogP contribution in [0, 0.1) is 0 Å². The SMILES string of the molecule is CC(=O)O/N=C(\C)c1cccc(Cl)c1. The number of hydrogen-bond acceptors (Lipinski definition) is 3. The van der Waals surface area contributed by atoms with Gasteiger partial charge in [-0.05, 0) is 19.1 Å². The maximum atomic E-state index is 10.5. The van der Waals surface area contributed by atoms with Crippen LogP contribution in [0.25, 0.3) is 0 Å². The number of oxime groups is 1. The van der Waals surface area contributed by atoms with E-state index >= 15 is 0 Å². The van der Waals surface area contributed by atoms with Crippen LogP contribution in [0.1, 0.15) is 19.4 Å². The monoisotopic (exact) mass is 211 g/mol. The molecule has 0 amide bonds. The predicted octanol–water partition coefficient (Wildman–Crippen LogP) is 2.63. The summed E-state index contributed by atoms with van der Waals surface area (Å²) >= 11 is 5.79. The highest BCUT2D eigenvalue weighted by Gasteiger charge is 1.99. The molecule has 1 aromatic carbocycles. The predicted molar refractivity (Wildman–Crippen MR) is 55.4 cm³/mol. The van der Waals surface area contributed by atoms with Gasteiger partial charge >= 0.3 is 5.97 Å². The average Bonchev–Trinajstić information content (AvgIpc) is 2.14. The van der Waals surface area contributed by atoms with Crippen LogP contribution in [0.4, 0.5) is 0 Å². The minimum Gasteiger partial charge on any atom is -0.318 e. The molecule has 3 nitrogen and oxygen atoms in total. The van der Waals surface area contributed by atoms with Crippen LogP contribution in [0.2, 0.25) is 5.02 Å². The Kier molecular flexibility index (Phi) is 3.65. The molecule has 0 saturated carbocycles. The van der Waals surface area contributed by atoms with E-state index in [9.17, 15) is 4.79 Å². The van der Waals surface area contributed by atoms with Crippen molar-refractivity contribution in [1.82, 2.24) is 0 Å². The molecule has 0 heterocycles. The van der Waals surface area contributed by atoms with Gasteiger partial charge in [-0.1, -0.05) is 28.9 Å². The molecule has 0 saturated heterocycles. The lowest BCUT2D eigenvalue weighted by molar-refractivity contribution is -0.140. The third-order valence-electron chi connectivity index (χ3n) is 1.55. The Labute approximate surface area is 87.3 Å². The zero-order valence-electron chi connectivity index (χ0n) is 7.95. The first-order valence-corrected chi connectivity index (χ1v) is 4.45. The molecule has 0 N–H and O–H groups in total. The van der Waals surface area contributed by atoms with E-state index in [1.54, 1.807) is 19.1 Å². The highest BCUT2D eigenvalue weighted by molar-refractivity contribution is 6.31. The first kappa shape index (κ1) is 10.7. The molecule has 0 aliphatic carbocycles. The van der Waals surface area contributed by atoms with Gasteiger partial charge in [0.05, 0.1) is 5.71 Å². The lowest BCUT2D eigenvalue weighted by Crippen LogP contribution is -1.99. The fourth-order valence-electron chi connectivity index (χ4n) is 0.899. The molecule has 0 spiro atoms. The van der Waals surface area contributed by atoms with Crippen molar-refractivity contribution < 1.29 is 9.63 Å². The van der Waals surface area contributed by atoms with E-state index in [0.29, 0.717) is 10.7 Å². The summed E-state index contributed by atoms with van der Waals surface area (Å²) in [5, 5.41) is 4.27. The Morgan fingerprint density at radius 2 is 2.14 bits per heavy atom. The molecule has 0 bridgehead atoms. The summed E-state index contributed by atoms with van der Waals surface area (Å²) in [5.41, 5.74) is 1.45. The molecule has 1 aromatic rings. The van der Waals surface area contributed by atoms with Gasteiger partial charge in [-0.25, -0.2) is 4.79 Å². The van der Waals surface area contributed by atoms with Gasteiger partial charge in [0.1, 0.15) is 0 Å². The topological polar surface area (TPSA) is 38.7 Å². The smallest absolute Gasteiger partial charge is 0.318 e. The quantitative estimate of drug-likeness (QED) is 0.429. The minimum absolute atomic E-state index is 0.439. The van der Waals surface area contributed by atoms with Crippen LogP contribution >= 0.6 is 11.6 Å². The zero-order chi connectivity index (χ0) is 10.6. The zero-order valence-corrected chi connectivity index (χ0v) is 8.71. The third kappa shape index (κ3) is 3.18. The van der Waals surface area contributed by atoms with E-state index in [4.69, 9.17) is 11.6 Å². The molecule has 0 fully saturated rings. The third-order valence-corrected chi connectivity index (χ3v) is 1.79. The molecule has 4 heteroatoms. The van der Waals surface area contributed by atoms with E-state index in [0.717, 1.165) is 5.56 Å². The molecule has 0 aliphatic heterocycles. The largest absolute Gasteiger partial charge is 0.331 e. The standard InChI is InChI=1S/C10H10ClNO2/c1-7(12-14-8(2)13)9-4-3-5-10(11)6-9/h3-6H,1-2H3/b12-7+. The van der Waals surface area contributed by atoms with Crippen molar-refractivity contribution in [3.63, 3.8) is 0 Å². The Balaban J connectivity index is 2.83. The summed E-state index contributed by atoms with van der Waals surface area (Å²) in [7, 11) is 0. The highest BCUT2D eigenvalue weighted by Crippen LogP contribution is 2.11. The van der Waals surface area contributed by atoms with E-state index in [1.165, 1.54) is 6.92 Å². The highest BCUT2D eigenvalue weighted by atomic mass is 35.5. The summed E-state index contributed by atoms with van der Waals surface area (Å²) in [6, 6.07) is 7.17. The van der Waals surface area contributed by atoms with Gasteiger partial charge < -0.3 is 4.84 Å². The summed E-state index contributed by atoms with van der Waals surface area (Å²) in [6.07, 6.45) is 0. The molecule has 0 aliphatic rings. The number of carbonyl (C=O) groups is 1. The maximum Gasteiger partial charge on any atom is 0.331 e. The number of benzene rings is 1. The average molecular weight is 212 g/mol. The second-order valence-corrected chi connectivity index (χ2v) is 3.21. The van der Waals surface area contributed by atoms with Gasteiger partial charge in [-0.3, -0.25) is 0 Å². The van der Waals surface area contributed by atoms with Crippen LogP contribution in [-0.2, 0) is 9.63 Å². The molecule has 0 aromatic heterocycles. The fraction of sp³-hybridized carbons (Fsp3) is 0.200. The molecular formula is C10H10ClNO2. The Bertz CT molecular complexity index is 374. The van der Waals surface area contributed by atoms with Crippen molar-refractivity contribution in [2.75, 3.05) is 0 Å². The summed E-state index contributed by atoms with van der Waals surface area (Å²) in [6.45, 7) is 3.04. The number of rotatable bonds is 2. The summed E-state index contributed by atoms with van der Waals surface area (Å²) in [4.78, 5) is 15.0. The van der Waals surface area contributed by atoms with Crippen molar-refractivity contribution in [3.05, 3.63) is 34.9 Å². The van der Waals surface area contributed by atoms with Crippen molar-refractivity contribution in [1.29, 1.82) is 0 Å². The summed E-state index contributed by atoms with van der Waals surface area (Å²) < 4.78 is 0. The lowest BCUT2D eigenvalue weighted by Gasteiger charge is -1.99. The first-order chi connectivity index (χ1) is 6.59. The Morgan fingerprint density at radius 1 is 1.43 bits per heavy atom. The normalized spacial score (nSPS) is 11.2. The van der Waals surface area contributed by atoms with Crippen molar-refractivity contribution in [2.24, 2.45) is 5.16 Å². The van der Waals surface area contributed by atoms with Gasteiger partial charge in [0, 0.05) is 17.5 Å². The van der Waals surface area contributed by atoms with E-state index in [-0.39, 0.29) is 0 Å². The van der Waals surface area contributed by atoms with Crippen LogP contribution in [0.15, 0.2) is 29.4 Å². The first-order valence-electron chi connectivity index (χ1n) is 4.07. The van der Waals surface area contributed by atoms with Crippen molar-refractivity contribution in [2.45, 2.75) is 13.8 Å². The Morgan fingerprint density at radius 3 is 2.71 bits per heavy atom. The molecular weight excluding hydrogens is 202 g/mol. The number of carbonyl (C=O) groups excluding carboxylic acids is 1. The molecule has 74 valence electrons. The number of nitrogens with zero attached hydrogens (tertiary/aromatic N) is 1. The van der Waals surface area contributed by atoms with E-state index in [1.807, 2.05) is 12.1 Å². The fourth-order valence-corrected chi connectivity index (χ4v) is 1.09. The van der Waals surface area contributed by atoms with Crippen LogP contribution in [0.3, 0.4) is 0 Å². The summed E-state index contributed by atoms with van der Waals surface area (Å²) in [5.74, 6) is -0.439. The molecule has 1 rings (SSSR count). The number of hydrogen-bond donors (Lipinski definition) is 0. The van der Waals surface area contributed by atoms with Crippen LogP contribution < -0.4 is 0 Å². The minimum atomic E-state index is -0.439. The molecule has 14 heavy (non-hydrogen) atoms. The molecule has 0 atom stereocenters. The van der Waals surface area contributed by atoms with Crippen LogP contribution in [-0.4, -0.2) is 11.7 Å². The molecule has 0 radical (unpaired) electrons. The second-order valence-electron chi connectivity index (χ2n) is 2.77. The van der Waals surface area contributed by atoms with Gasteiger partial charge in [-0.15, -0.1) is 0 Å². The van der Waals surface area contributed by atoms with Gasteiger partial charge in [0.2, 0.25) is 0 Å². The second kappa shape index (κ2) is 4.77. The molecule has 0 unspecified atom stereocenters. The number of halogens is 1. The van der Waals surface area contributed by atoms with Crippen LogP contribution in [0.5, 0.6) is 0 Å². The van der Waals surface area contributed by atoms with Gasteiger partial charge in [0.15, 0.2) is 0 Å².